The molecule has 3 aliphatic heterocycles. The molecule has 6 rings (SSSR count). The molecular weight excluding hydrogens is 464 g/mol. The lowest BCUT2D eigenvalue weighted by Crippen LogP contribution is -2.51. The first kappa shape index (κ1) is 21.7. The Morgan fingerprint density at radius 2 is 2.09 bits per heavy atom. The van der Waals surface area contributed by atoms with Crippen LogP contribution in [0.5, 0.6) is 5.75 Å². The van der Waals surface area contributed by atoms with Gasteiger partial charge in [0, 0.05) is 30.1 Å². The smallest absolute Gasteiger partial charge is 0.258 e. The molecule has 4 atom stereocenters. The lowest BCUT2D eigenvalue weighted by molar-refractivity contribution is 0.0439. The average molecular weight is 488 g/mol. The number of halogens is 3. The van der Waals surface area contributed by atoms with Crippen molar-refractivity contribution < 1.29 is 18.3 Å². The van der Waals surface area contributed by atoms with Crippen LogP contribution >= 0.6 is 11.6 Å². The minimum atomic E-state index is -1.21. The van der Waals surface area contributed by atoms with Gasteiger partial charge in [0.2, 0.25) is 0 Å². The molecule has 2 aromatic heterocycles. The maximum absolute atomic E-state index is 14.9. The molecule has 0 saturated carbocycles. The van der Waals surface area contributed by atoms with Crippen LogP contribution in [0.25, 0.3) is 5.65 Å². The van der Waals surface area contributed by atoms with Gasteiger partial charge in [0.25, 0.3) is 5.91 Å². The molecule has 1 N–H and O–H groups in total. The quantitative estimate of drug-likeness (QED) is 0.606. The van der Waals surface area contributed by atoms with E-state index < -0.39 is 18.1 Å². The van der Waals surface area contributed by atoms with Crippen LogP contribution in [-0.2, 0) is 13.1 Å². The fourth-order valence-corrected chi connectivity index (χ4v) is 5.55. The van der Waals surface area contributed by atoms with Gasteiger partial charge in [-0.3, -0.25) is 4.79 Å². The normalized spacial score (nSPS) is 25.7. The van der Waals surface area contributed by atoms with Crippen molar-refractivity contribution in [3.05, 3.63) is 57.2 Å². The molecule has 178 valence electrons. The molecule has 2 bridgehead atoms. The van der Waals surface area contributed by atoms with Crippen molar-refractivity contribution in [2.24, 2.45) is 0 Å². The first-order valence-electron chi connectivity index (χ1n) is 11.5. The van der Waals surface area contributed by atoms with Gasteiger partial charge in [-0.1, -0.05) is 11.6 Å². The number of amides is 1. The molecule has 10 heteroatoms. The number of benzene rings is 1. The molecule has 0 radical (unpaired) electrons. The predicted molar refractivity (Wildman–Crippen MR) is 121 cm³/mol. The van der Waals surface area contributed by atoms with Gasteiger partial charge in [0.1, 0.15) is 17.7 Å². The van der Waals surface area contributed by atoms with E-state index in [1.54, 1.807) is 9.42 Å². The van der Waals surface area contributed by atoms with Crippen molar-refractivity contribution in [1.82, 2.24) is 24.8 Å². The van der Waals surface area contributed by atoms with Gasteiger partial charge in [-0.2, -0.15) is 5.10 Å². The molecule has 2 saturated heterocycles. The number of fused-ring (bicyclic) bond motifs is 5. The predicted octanol–water partition coefficient (Wildman–Crippen LogP) is 3.90. The highest BCUT2D eigenvalue weighted by Crippen LogP contribution is 2.35. The molecule has 0 spiro atoms. The highest BCUT2D eigenvalue weighted by Gasteiger charge is 2.43. The number of carbonyl (C=O) groups excluding carboxylic acids is 1. The van der Waals surface area contributed by atoms with Crippen LogP contribution in [0.2, 0.25) is 5.02 Å². The molecule has 1 aromatic carbocycles. The van der Waals surface area contributed by atoms with Crippen LogP contribution in [-0.4, -0.2) is 49.8 Å². The number of hydrogen-bond acceptors (Lipinski definition) is 5. The summed E-state index contributed by atoms with van der Waals surface area (Å²) in [6.07, 6.45) is 0.214. The summed E-state index contributed by atoms with van der Waals surface area (Å²) in [6.45, 7) is 4.31. The second-order valence-corrected chi connectivity index (χ2v) is 9.82. The topological polar surface area (TPSA) is 71.8 Å². The second kappa shape index (κ2) is 7.88. The Labute approximate surface area is 200 Å². The second-order valence-electron chi connectivity index (χ2n) is 9.44. The summed E-state index contributed by atoms with van der Waals surface area (Å²) in [5.74, 6) is -0.775. The lowest BCUT2D eigenvalue weighted by Gasteiger charge is -2.33. The standard InChI is InChI=1S/C24H24ClF2N5O2/c1-11-21(25)12(2)32-23(28-11)16-9-31(10-18(16)30-32)24(33)15-5-3-13(26)7-19(15)34-20-8-14-4-6-17(29-14)22(20)27/h3,5,7,14,17,20,22,29H,4,6,8-10H2,1-2H3/t14-,17+,20+,22-/m0/s1. The third-order valence-electron chi connectivity index (χ3n) is 7.23. The maximum Gasteiger partial charge on any atom is 0.258 e. The number of alkyl halides is 1. The Morgan fingerprint density at radius 1 is 1.26 bits per heavy atom. The SMILES string of the molecule is Cc1nc2c3c(nn2c(C)c1Cl)CN(C(=O)c1ccc(F)cc1O[C@@H]1C[C@@H]2CC[C@@H](N2)[C@@H]1F)C3. The van der Waals surface area contributed by atoms with Crippen LogP contribution in [0.3, 0.4) is 0 Å². The summed E-state index contributed by atoms with van der Waals surface area (Å²) in [5.41, 5.74) is 3.98. The van der Waals surface area contributed by atoms with E-state index in [0.717, 1.165) is 29.8 Å². The van der Waals surface area contributed by atoms with Crippen molar-refractivity contribution in [2.75, 3.05) is 0 Å². The zero-order valence-electron chi connectivity index (χ0n) is 18.8. The maximum atomic E-state index is 14.9. The summed E-state index contributed by atoms with van der Waals surface area (Å²) in [6, 6.07) is 3.74. The molecule has 0 unspecified atom stereocenters. The Hall–Kier alpha value is -2.78. The molecule has 5 heterocycles. The molecular formula is C24H24ClF2N5O2. The summed E-state index contributed by atoms with van der Waals surface area (Å²) >= 11 is 6.32. The van der Waals surface area contributed by atoms with E-state index in [1.165, 1.54) is 18.2 Å². The Balaban J connectivity index is 1.28. The fraction of sp³-hybridized carbons (Fsp3) is 0.458. The third kappa shape index (κ3) is 3.36. The minimum absolute atomic E-state index is 0.0781. The van der Waals surface area contributed by atoms with Gasteiger partial charge in [-0.05, 0) is 38.8 Å². The van der Waals surface area contributed by atoms with Crippen LogP contribution < -0.4 is 10.1 Å². The van der Waals surface area contributed by atoms with Crippen molar-refractivity contribution in [2.45, 2.75) is 70.6 Å². The number of aryl methyl sites for hydroxylation is 2. The van der Waals surface area contributed by atoms with E-state index in [-0.39, 0.29) is 35.8 Å². The summed E-state index contributed by atoms with van der Waals surface area (Å²) in [5, 5.41) is 8.43. The number of carbonyl (C=O) groups is 1. The van der Waals surface area contributed by atoms with Gasteiger partial charge in [0.05, 0.1) is 40.8 Å². The van der Waals surface area contributed by atoms with E-state index in [1.807, 2.05) is 13.8 Å². The number of rotatable bonds is 3. The van der Waals surface area contributed by atoms with E-state index >= 15 is 0 Å². The van der Waals surface area contributed by atoms with Crippen LogP contribution in [0, 0.1) is 19.7 Å². The van der Waals surface area contributed by atoms with Gasteiger partial charge in [-0.25, -0.2) is 18.3 Å². The van der Waals surface area contributed by atoms with E-state index in [4.69, 9.17) is 16.3 Å². The lowest BCUT2D eigenvalue weighted by atomic mass is 10.00. The van der Waals surface area contributed by atoms with Gasteiger partial charge < -0.3 is 15.0 Å². The molecule has 2 fully saturated rings. The third-order valence-corrected chi connectivity index (χ3v) is 7.77. The molecule has 0 aliphatic carbocycles. The Bertz CT molecular complexity index is 1330. The Morgan fingerprint density at radius 3 is 2.91 bits per heavy atom. The monoisotopic (exact) mass is 487 g/mol. The zero-order valence-corrected chi connectivity index (χ0v) is 19.6. The fourth-order valence-electron chi connectivity index (χ4n) is 5.43. The van der Waals surface area contributed by atoms with Crippen LogP contribution in [0.15, 0.2) is 18.2 Å². The first-order chi connectivity index (χ1) is 16.3. The molecule has 1 amide bonds. The molecule has 34 heavy (non-hydrogen) atoms. The first-order valence-corrected chi connectivity index (χ1v) is 11.9. The van der Waals surface area contributed by atoms with Gasteiger partial charge in [-0.15, -0.1) is 0 Å². The van der Waals surface area contributed by atoms with Gasteiger partial charge in [0.15, 0.2) is 11.8 Å². The molecule has 3 aromatic rings. The number of ether oxygens (including phenoxy) is 1. The highest BCUT2D eigenvalue weighted by atomic mass is 35.5. The summed E-state index contributed by atoms with van der Waals surface area (Å²) in [7, 11) is 0. The number of nitrogens with zero attached hydrogens (tertiary/aromatic N) is 4. The Kier molecular flexibility index (Phi) is 5.04. The number of aromatic nitrogens is 3. The molecule has 3 aliphatic rings. The number of piperidine rings is 1. The van der Waals surface area contributed by atoms with E-state index in [2.05, 4.69) is 15.4 Å². The minimum Gasteiger partial charge on any atom is -0.486 e. The largest absolute Gasteiger partial charge is 0.486 e. The highest BCUT2D eigenvalue weighted by molar-refractivity contribution is 6.31. The van der Waals surface area contributed by atoms with Crippen LogP contribution in [0.1, 0.15) is 52.3 Å². The van der Waals surface area contributed by atoms with E-state index in [9.17, 15) is 13.6 Å². The van der Waals surface area contributed by atoms with Crippen molar-refractivity contribution >= 4 is 23.2 Å². The van der Waals surface area contributed by atoms with Crippen molar-refractivity contribution in [3.8, 4) is 5.75 Å². The summed E-state index contributed by atoms with van der Waals surface area (Å²) in [4.78, 5) is 19.7. The van der Waals surface area contributed by atoms with Crippen LogP contribution in [0.4, 0.5) is 8.78 Å². The zero-order chi connectivity index (χ0) is 23.7. The number of hydrogen-bond donors (Lipinski definition) is 1. The van der Waals surface area contributed by atoms with E-state index in [0.29, 0.717) is 29.3 Å². The van der Waals surface area contributed by atoms with Gasteiger partial charge >= 0.3 is 0 Å². The summed E-state index contributed by atoms with van der Waals surface area (Å²) < 4.78 is 36.7. The molecule has 7 nitrogen and oxygen atoms in total. The van der Waals surface area contributed by atoms with Crippen molar-refractivity contribution in [1.29, 1.82) is 0 Å². The average Bonchev–Trinajstić information content (AvgIpc) is 3.50. The number of nitrogens with one attached hydrogen (secondary N) is 1. The van der Waals surface area contributed by atoms with Crippen molar-refractivity contribution in [3.63, 3.8) is 0 Å².